The second-order valence-corrected chi connectivity index (χ2v) is 4.25. The predicted octanol–water partition coefficient (Wildman–Crippen LogP) is 2.17. The highest BCUT2D eigenvalue weighted by molar-refractivity contribution is 5.98. The summed E-state index contributed by atoms with van der Waals surface area (Å²) in [6, 6.07) is 6.85. The van der Waals surface area contributed by atoms with Crippen molar-refractivity contribution in [1.82, 2.24) is 4.90 Å². The Morgan fingerprint density at radius 2 is 2.00 bits per heavy atom. The highest BCUT2D eigenvalue weighted by Crippen LogP contribution is 2.20. The van der Waals surface area contributed by atoms with Gasteiger partial charge in [-0.3, -0.25) is 0 Å². The standard InChI is InChI=1S/C12H16F3N3O/c1-18(7-6-12(13,14)15)8-9-4-2-3-5-10(9)11(16)17-19/h2-5,19H,6-8H2,1H3,(H2,16,17). The Balaban J connectivity index is 2.72. The van der Waals surface area contributed by atoms with Crippen molar-refractivity contribution in [3.8, 4) is 0 Å². The van der Waals surface area contributed by atoms with E-state index in [2.05, 4.69) is 5.16 Å². The van der Waals surface area contributed by atoms with Crippen molar-refractivity contribution >= 4 is 5.84 Å². The molecule has 1 aromatic rings. The van der Waals surface area contributed by atoms with E-state index in [0.29, 0.717) is 17.7 Å². The van der Waals surface area contributed by atoms with Crippen LogP contribution in [0, 0.1) is 0 Å². The van der Waals surface area contributed by atoms with Crippen LogP contribution in [0.15, 0.2) is 29.4 Å². The molecule has 0 bridgehead atoms. The highest BCUT2D eigenvalue weighted by atomic mass is 19.4. The summed E-state index contributed by atoms with van der Waals surface area (Å²) in [5.41, 5.74) is 6.74. The normalized spacial score (nSPS) is 13.0. The van der Waals surface area contributed by atoms with Gasteiger partial charge in [0.25, 0.3) is 0 Å². The first-order chi connectivity index (χ1) is 8.83. The molecular formula is C12H16F3N3O. The summed E-state index contributed by atoms with van der Waals surface area (Å²) >= 11 is 0. The van der Waals surface area contributed by atoms with Crippen LogP contribution in [0.1, 0.15) is 17.5 Å². The number of oxime groups is 1. The summed E-state index contributed by atoms with van der Waals surface area (Å²) in [6.45, 7) is 0.191. The fraction of sp³-hybridized carbons (Fsp3) is 0.417. The number of nitrogens with two attached hydrogens (primary N) is 1. The molecule has 0 heterocycles. The van der Waals surface area contributed by atoms with Crippen LogP contribution in [0.5, 0.6) is 0 Å². The maximum Gasteiger partial charge on any atom is 0.390 e. The average Bonchev–Trinajstić information content (AvgIpc) is 2.35. The quantitative estimate of drug-likeness (QED) is 0.375. The maximum absolute atomic E-state index is 12.1. The summed E-state index contributed by atoms with van der Waals surface area (Å²) in [6.07, 6.45) is -5.03. The minimum Gasteiger partial charge on any atom is -0.409 e. The molecule has 0 aliphatic rings. The Kier molecular flexibility index (Phi) is 5.17. The van der Waals surface area contributed by atoms with Crippen LogP contribution in [0.2, 0.25) is 0 Å². The molecule has 0 saturated heterocycles. The van der Waals surface area contributed by atoms with E-state index in [-0.39, 0.29) is 12.4 Å². The number of amidine groups is 1. The van der Waals surface area contributed by atoms with E-state index in [4.69, 9.17) is 10.9 Å². The molecule has 7 heteroatoms. The van der Waals surface area contributed by atoms with Crippen molar-refractivity contribution in [3.05, 3.63) is 35.4 Å². The number of alkyl halides is 3. The third-order valence-corrected chi connectivity index (χ3v) is 2.62. The number of hydrogen-bond donors (Lipinski definition) is 2. The molecule has 0 fully saturated rings. The lowest BCUT2D eigenvalue weighted by Gasteiger charge is -2.19. The van der Waals surface area contributed by atoms with Crippen LogP contribution in [0.3, 0.4) is 0 Å². The Bertz CT molecular complexity index is 446. The van der Waals surface area contributed by atoms with Gasteiger partial charge >= 0.3 is 6.18 Å². The smallest absolute Gasteiger partial charge is 0.390 e. The van der Waals surface area contributed by atoms with Crippen molar-refractivity contribution in [2.45, 2.75) is 19.1 Å². The van der Waals surface area contributed by atoms with Gasteiger partial charge < -0.3 is 15.8 Å². The van der Waals surface area contributed by atoms with E-state index in [0.717, 1.165) is 0 Å². The summed E-state index contributed by atoms with van der Waals surface area (Å²) in [7, 11) is 1.59. The fourth-order valence-electron chi connectivity index (χ4n) is 1.65. The van der Waals surface area contributed by atoms with Gasteiger partial charge in [-0.1, -0.05) is 29.4 Å². The number of benzene rings is 1. The minimum absolute atomic E-state index is 0.0557. The molecule has 0 spiro atoms. The zero-order chi connectivity index (χ0) is 14.5. The van der Waals surface area contributed by atoms with E-state index in [1.54, 1.807) is 31.3 Å². The first kappa shape index (κ1) is 15.3. The molecule has 1 rings (SSSR count). The third-order valence-electron chi connectivity index (χ3n) is 2.62. The lowest BCUT2D eigenvalue weighted by atomic mass is 10.1. The minimum atomic E-state index is -4.17. The molecule has 0 amide bonds. The van der Waals surface area contributed by atoms with Crippen molar-refractivity contribution in [1.29, 1.82) is 0 Å². The van der Waals surface area contributed by atoms with Crippen molar-refractivity contribution in [2.24, 2.45) is 10.9 Å². The molecule has 1 aromatic carbocycles. The van der Waals surface area contributed by atoms with E-state index in [1.165, 1.54) is 4.90 Å². The Hall–Kier alpha value is -1.76. The zero-order valence-corrected chi connectivity index (χ0v) is 10.5. The van der Waals surface area contributed by atoms with E-state index in [1.807, 2.05) is 0 Å². The molecular weight excluding hydrogens is 259 g/mol. The largest absolute Gasteiger partial charge is 0.409 e. The Morgan fingerprint density at radius 1 is 1.37 bits per heavy atom. The summed E-state index contributed by atoms with van der Waals surface area (Å²) in [5.74, 6) is -0.0557. The molecule has 0 unspecified atom stereocenters. The maximum atomic E-state index is 12.1. The number of nitrogens with zero attached hydrogens (tertiary/aromatic N) is 2. The molecule has 0 aliphatic heterocycles. The zero-order valence-electron chi connectivity index (χ0n) is 10.5. The molecule has 19 heavy (non-hydrogen) atoms. The number of halogens is 3. The predicted molar refractivity (Wildman–Crippen MR) is 66.0 cm³/mol. The van der Waals surface area contributed by atoms with Crippen LogP contribution in [0.4, 0.5) is 13.2 Å². The van der Waals surface area contributed by atoms with E-state index < -0.39 is 12.6 Å². The van der Waals surface area contributed by atoms with Crippen LogP contribution >= 0.6 is 0 Å². The van der Waals surface area contributed by atoms with Gasteiger partial charge in [0.15, 0.2) is 5.84 Å². The Labute approximate surface area is 109 Å². The number of hydrogen-bond acceptors (Lipinski definition) is 3. The van der Waals surface area contributed by atoms with Gasteiger partial charge in [-0.05, 0) is 12.6 Å². The van der Waals surface area contributed by atoms with Gasteiger partial charge in [-0.15, -0.1) is 0 Å². The lowest BCUT2D eigenvalue weighted by Crippen LogP contribution is -2.25. The molecule has 0 atom stereocenters. The van der Waals surface area contributed by atoms with Gasteiger partial charge in [-0.25, -0.2) is 0 Å². The highest BCUT2D eigenvalue weighted by Gasteiger charge is 2.27. The monoisotopic (exact) mass is 275 g/mol. The molecule has 0 radical (unpaired) electrons. The Morgan fingerprint density at radius 3 is 2.58 bits per heavy atom. The average molecular weight is 275 g/mol. The third kappa shape index (κ3) is 5.17. The SMILES string of the molecule is CN(CCC(F)(F)F)Cc1ccccc1C(N)=NO. The van der Waals surface area contributed by atoms with Crippen molar-refractivity contribution in [3.63, 3.8) is 0 Å². The lowest BCUT2D eigenvalue weighted by molar-refractivity contribution is -0.137. The molecule has 3 N–H and O–H groups in total. The van der Waals surface area contributed by atoms with Gasteiger partial charge in [0.1, 0.15) is 0 Å². The summed E-state index contributed by atoms with van der Waals surface area (Å²) in [4.78, 5) is 1.54. The molecule has 106 valence electrons. The first-order valence-corrected chi connectivity index (χ1v) is 5.64. The van der Waals surface area contributed by atoms with Gasteiger partial charge in [0.2, 0.25) is 0 Å². The van der Waals surface area contributed by atoms with Crippen LogP contribution in [-0.4, -0.2) is 35.7 Å². The van der Waals surface area contributed by atoms with Crippen molar-refractivity contribution < 1.29 is 18.4 Å². The summed E-state index contributed by atoms with van der Waals surface area (Å²) < 4.78 is 36.4. The molecule has 0 aromatic heterocycles. The van der Waals surface area contributed by atoms with Gasteiger partial charge in [-0.2, -0.15) is 13.2 Å². The van der Waals surface area contributed by atoms with E-state index in [9.17, 15) is 13.2 Å². The number of rotatable bonds is 5. The van der Waals surface area contributed by atoms with Crippen LogP contribution in [-0.2, 0) is 6.54 Å². The first-order valence-electron chi connectivity index (χ1n) is 5.64. The van der Waals surface area contributed by atoms with E-state index >= 15 is 0 Å². The molecule has 0 aliphatic carbocycles. The second kappa shape index (κ2) is 6.42. The van der Waals surface area contributed by atoms with Gasteiger partial charge in [0, 0.05) is 18.7 Å². The molecule has 0 saturated carbocycles. The van der Waals surface area contributed by atoms with Crippen LogP contribution < -0.4 is 5.73 Å². The summed E-state index contributed by atoms with van der Waals surface area (Å²) in [5, 5.41) is 11.6. The topological polar surface area (TPSA) is 61.8 Å². The second-order valence-electron chi connectivity index (χ2n) is 4.25. The molecule has 4 nitrogen and oxygen atoms in total. The van der Waals surface area contributed by atoms with Crippen molar-refractivity contribution in [2.75, 3.05) is 13.6 Å². The van der Waals surface area contributed by atoms with Gasteiger partial charge in [0.05, 0.1) is 6.42 Å². The fourth-order valence-corrected chi connectivity index (χ4v) is 1.65. The van der Waals surface area contributed by atoms with Crippen LogP contribution in [0.25, 0.3) is 0 Å².